The van der Waals surface area contributed by atoms with Gasteiger partial charge in [-0.1, -0.05) is 0 Å². The first-order valence-electron chi connectivity index (χ1n) is 6.09. The van der Waals surface area contributed by atoms with Crippen LogP contribution in [0.25, 0.3) is 0 Å². The van der Waals surface area contributed by atoms with E-state index in [0.29, 0.717) is 12.2 Å². The summed E-state index contributed by atoms with van der Waals surface area (Å²) in [5, 5.41) is 15.6. The van der Waals surface area contributed by atoms with Gasteiger partial charge in [-0.2, -0.15) is 10.4 Å². The van der Waals surface area contributed by atoms with Crippen molar-refractivity contribution in [1.82, 2.24) is 20.0 Å². The van der Waals surface area contributed by atoms with Crippen LogP contribution in [0, 0.1) is 11.3 Å². The van der Waals surface area contributed by atoms with E-state index >= 15 is 0 Å². The first kappa shape index (κ1) is 12.6. The zero-order valence-electron chi connectivity index (χ0n) is 10.5. The van der Waals surface area contributed by atoms with Crippen molar-refractivity contribution in [3.05, 3.63) is 18.0 Å². The Morgan fingerprint density at radius 1 is 1.61 bits per heavy atom. The van der Waals surface area contributed by atoms with Crippen molar-refractivity contribution >= 4 is 5.91 Å². The molecule has 0 radical (unpaired) electrons. The Bertz CT molecular complexity index is 453. The zero-order chi connectivity index (χ0) is 13.0. The minimum absolute atomic E-state index is 0.0752. The maximum Gasteiger partial charge on any atom is 0.269 e. The highest BCUT2D eigenvalue weighted by Crippen LogP contribution is 2.10. The van der Waals surface area contributed by atoms with Crippen molar-refractivity contribution in [2.24, 2.45) is 7.05 Å². The highest BCUT2D eigenvalue weighted by atomic mass is 16.2. The fourth-order valence-electron chi connectivity index (χ4n) is 2.19. The van der Waals surface area contributed by atoms with Crippen molar-refractivity contribution in [1.29, 1.82) is 5.26 Å². The first-order valence-corrected chi connectivity index (χ1v) is 6.09. The smallest absolute Gasteiger partial charge is 0.269 e. The van der Waals surface area contributed by atoms with E-state index in [1.165, 1.54) is 0 Å². The summed E-state index contributed by atoms with van der Waals surface area (Å²) >= 11 is 0. The quantitative estimate of drug-likeness (QED) is 0.771. The fourth-order valence-corrected chi connectivity index (χ4v) is 2.19. The van der Waals surface area contributed by atoms with E-state index in [4.69, 9.17) is 5.26 Å². The van der Waals surface area contributed by atoms with Crippen molar-refractivity contribution < 1.29 is 4.79 Å². The van der Waals surface area contributed by atoms with Crippen molar-refractivity contribution in [3.8, 4) is 6.07 Å². The molecular weight excluding hydrogens is 230 g/mol. The SMILES string of the molecule is Cn1nccc1C(=O)NC1CCN(CC#N)CC1. The third kappa shape index (κ3) is 2.87. The molecule has 1 aromatic heterocycles. The lowest BCUT2D eigenvalue weighted by Gasteiger charge is -2.30. The lowest BCUT2D eigenvalue weighted by atomic mass is 10.0. The van der Waals surface area contributed by atoms with Gasteiger partial charge in [-0.15, -0.1) is 0 Å². The third-order valence-corrected chi connectivity index (χ3v) is 3.27. The predicted octanol–water partition coefficient (Wildman–Crippen LogP) is 0.138. The van der Waals surface area contributed by atoms with E-state index in [2.05, 4.69) is 21.4 Å². The molecule has 1 aromatic rings. The third-order valence-electron chi connectivity index (χ3n) is 3.27. The number of amides is 1. The van der Waals surface area contributed by atoms with Gasteiger partial charge in [0, 0.05) is 32.4 Å². The Kier molecular flexibility index (Phi) is 3.95. The summed E-state index contributed by atoms with van der Waals surface area (Å²) in [7, 11) is 1.75. The summed E-state index contributed by atoms with van der Waals surface area (Å²) in [6.45, 7) is 2.20. The van der Waals surface area contributed by atoms with Crippen LogP contribution < -0.4 is 5.32 Å². The number of likely N-dealkylation sites (tertiary alicyclic amines) is 1. The largest absolute Gasteiger partial charge is 0.348 e. The van der Waals surface area contributed by atoms with Crippen LogP contribution in [-0.2, 0) is 7.05 Å². The van der Waals surface area contributed by atoms with Crippen LogP contribution in [-0.4, -0.2) is 46.3 Å². The molecule has 18 heavy (non-hydrogen) atoms. The Balaban J connectivity index is 1.84. The number of hydrogen-bond donors (Lipinski definition) is 1. The Morgan fingerprint density at radius 3 is 2.89 bits per heavy atom. The molecule has 0 atom stereocenters. The molecule has 0 aromatic carbocycles. The zero-order valence-corrected chi connectivity index (χ0v) is 10.5. The Morgan fingerprint density at radius 2 is 2.33 bits per heavy atom. The van der Waals surface area contributed by atoms with Crippen LogP contribution in [0.5, 0.6) is 0 Å². The van der Waals surface area contributed by atoms with Crippen LogP contribution >= 0.6 is 0 Å². The summed E-state index contributed by atoms with van der Waals surface area (Å²) in [6, 6.07) is 4.05. The van der Waals surface area contributed by atoms with E-state index in [0.717, 1.165) is 25.9 Å². The van der Waals surface area contributed by atoms with E-state index in [1.54, 1.807) is 24.0 Å². The molecule has 1 aliphatic rings. The highest BCUT2D eigenvalue weighted by Gasteiger charge is 2.21. The van der Waals surface area contributed by atoms with Crippen molar-refractivity contribution in [2.75, 3.05) is 19.6 Å². The second kappa shape index (κ2) is 5.65. The molecule has 0 bridgehead atoms. The summed E-state index contributed by atoms with van der Waals surface area (Å²) in [5.41, 5.74) is 0.578. The van der Waals surface area contributed by atoms with Crippen LogP contribution in [0.2, 0.25) is 0 Å². The second-order valence-corrected chi connectivity index (χ2v) is 4.52. The average Bonchev–Trinajstić information content (AvgIpc) is 2.78. The van der Waals surface area contributed by atoms with Crippen LogP contribution in [0.4, 0.5) is 0 Å². The van der Waals surface area contributed by atoms with E-state index in [9.17, 15) is 4.79 Å². The minimum atomic E-state index is -0.0752. The molecule has 6 heteroatoms. The van der Waals surface area contributed by atoms with Gasteiger partial charge in [0.15, 0.2) is 0 Å². The molecule has 2 rings (SSSR count). The topological polar surface area (TPSA) is 74.0 Å². The van der Waals surface area contributed by atoms with E-state index in [1.807, 2.05) is 0 Å². The molecule has 0 saturated carbocycles. The van der Waals surface area contributed by atoms with Gasteiger partial charge in [0.1, 0.15) is 5.69 Å². The first-order chi connectivity index (χ1) is 8.70. The van der Waals surface area contributed by atoms with Crippen LogP contribution in [0.3, 0.4) is 0 Å². The van der Waals surface area contributed by atoms with Gasteiger partial charge in [-0.25, -0.2) is 0 Å². The normalized spacial score (nSPS) is 17.3. The van der Waals surface area contributed by atoms with Gasteiger partial charge in [0.05, 0.1) is 12.6 Å². The monoisotopic (exact) mass is 247 g/mol. The summed E-state index contributed by atoms with van der Waals surface area (Å²) < 4.78 is 1.57. The molecule has 1 saturated heterocycles. The number of aryl methyl sites for hydroxylation is 1. The summed E-state index contributed by atoms with van der Waals surface area (Å²) in [6.07, 6.45) is 3.40. The van der Waals surface area contributed by atoms with Crippen LogP contribution in [0.15, 0.2) is 12.3 Å². The van der Waals surface area contributed by atoms with E-state index < -0.39 is 0 Å². The molecular formula is C12H17N5O. The van der Waals surface area contributed by atoms with Crippen molar-refractivity contribution in [2.45, 2.75) is 18.9 Å². The predicted molar refractivity (Wildman–Crippen MR) is 65.7 cm³/mol. The number of carbonyl (C=O) groups is 1. The molecule has 1 N–H and O–H groups in total. The lowest BCUT2D eigenvalue weighted by molar-refractivity contribution is 0.0905. The molecule has 1 amide bonds. The van der Waals surface area contributed by atoms with Gasteiger partial charge in [-0.05, 0) is 18.9 Å². The number of nitrogens with one attached hydrogen (secondary N) is 1. The highest BCUT2D eigenvalue weighted by molar-refractivity contribution is 5.92. The van der Waals surface area contributed by atoms with Gasteiger partial charge >= 0.3 is 0 Å². The molecule has 1 fully saturated rings. The molecule has 96 valence electrons. The summed E-state index contributed by atoms with van der Waals surface area (Å²) in [5.74, 6) is -0.0752. The average molecular weight is 247 g/mol. The number of rotatable bonds is 3. The molecule has 0 unspecified atom stereocenters. The molecule has 2 heterocycles. The number of aromatic nitrogens is 2. The minimum Gasteiger partial charge on any atom is -0.348 e. The maximum atomic E-state index is 12.0. The van der Waals surface area contributed by atoms with Gasteiger partial charge < -0.3 is 5.32 Å². The number of carbonyl (C=O) groups excluding carboxylic acids is 1. The Hall–Kier alpha value is -1.87. The standard InChI is InChI=1S/C12H17N5O/c1-16-11(2-6-14-16)12(18)15-10-3-7-17(8-4-10)9-5-13/h2,6,10H,3-4,7-9H2,1H3,(H,15,18). The number of nitriles is 1. The number of hydrogen-bond acceptors (Lipinski definition) is 4. The molecule has 1 aliphatic heterocycles. The van der Waals surface area contributed by atoms with E-state index in [-0.39, 0.29) is 11.9 Å². The molecule has 6 nitrogen and oxygen atoms in total. The van der Waals surface area contributed by atoms with Gasteiger partial charge in [0.2, 0.25) is 0 Å². The summed E-state index contributed by atoms with van der Waals surface area (Å²) in [4.78, 5) is 14.1. The number of nitrogens with zero attached hydrogens (tertiary/aromatic N) is 4. The lowest BCUT2D eigenvalue weighted by Crippen LogP contribution is -2.45. The molecule has 0 aliphatic carbocycles. The molecule has 0 spiro atoms. The van der Waals surface area contributed by atoms with Gasteiger partial charge in [-0.3, -0.25) is 14.4 Å². The fraction of sp³-hybridized carbons (Fsp3) is 0.583. The van der Waals surface area contributed by atoms with Gasteiger partial charge in [0.25, 0.3) is 5.91 Å². The maximum absolute atomic E-state index is 12.0. The van der Waals surface area contributed by atoms with Crippen LogP contribution in [0.1, 0.15) is 23.3 Å². The Labute approximate surface area is 106 Å². The van der Waals surface area contributed by atoms with Crippen molar-refractivity contribution in [3.63, 3.8) is 0 Å². The number of piperidine rings is 1. The second-order valence-electron chi connectivity index (χ2n) is 4.52.